The van der Waals surface area contributed by atoms with Crippen LogP contribution in [0.5, 0.6) is 11.5 Å². The molecule has 4 aromatic rings. The number of aryl methyl sites for hydroxylation is 1. The highest BCUT2D eigenvalue weighted by molar-refractivity contribution is 7.98. The van der Waals surface area contributed by atoms with E-state index in [4.69, 9.17) is 9.47 Å². The fourth-order valence-corrected chi connectivity index (χ4v) is 4.21. The summed E-state index contributed by atoms with van der Waals surface area (Å²) in [4.78, 5) is 4.65. The quantitative estimate of drug-likeness (QED) is 0.390. The van der Waals surface area contributed by atoms with E-state index >= 15 is 0 Å². The van der Waals surface area contributed by atoms with Gasteiger partial charge < -0.3 is 9.47 Å². The van der Waals surface area contributed by atoms with Gasteiger partial charge in [0.15, 0.2) is 0 Å². The van der Waals surface area contributed by atoms with Gasteiger partial charge in [0.25, 0.3) is 0 Å². The Labute approximate surface area is 176 Å². The summed E-state index contributed by atoms with van der Waals surface area (Å²) >= 11 is 3.11. The number of rotatable bonds is 8. The molecule has 148 valence electrons. The lowest BCUT2D eigenvalue weighted by Crippen LogP contribution is -2.02. The summed E-state index contributed by atoms with van der Waals surface area (Å²) in [5.41, 5.74) is 2.98. The zero-order valence-corrected chi connectivity index (χ0v) is 17.6. The highest BCUT2D eigenvalue weighted by Gasteiger charge is 2.14. The van der Waals surface area contributed by atoms with E-state index in [1.807, 2.05) is 53.9 Å². The second-order valence-corrected chi connectivity index (χ2v) is 8.05. The molecule has 4 rings (SSSR count). The zero-order valence-electron chi connectivity index (χ0n) is 16.0. The summed E-state index contributed by atoms with van der Waals surface area (Å²) in [6, 6.07) is 15.6. The summed E-state index contributed by atoms with van der Waals surface area (Å²) in [6.45, 7) is 2.51. The summed E-state index contributed by atoms with van der Waals surface area (Å²) in [6.07, 6.45) is 0. The summed E-state index contributed by atoms with van der Waals surface area (Å²) in [7, 11) is 1.63. The third-order valence-electron chi connectivity index (χ3n) is 4.09. The van der Waals surface area contributed by atoms with Crippen molar-refractivity contribution in [1.29, 1.82) is 0 Å². The molecule has 0 spiro atoms. The minimum atomic E-state index is 0.456. The van der Waals surface area contributed by atoms with E-state index in [9.17, 15) is 0 Å². The summed E-state index contributed by atoms with van der Waals surface area (Å²) in [5, 5.41) is 15.7. The average molecular weight is 426 g/mol. The largest absolute Gasteiger partial charge is 0.494 e. The molecule has 2 aromatic carbocycles. The van der Waals surface area contributed by atoms with Crippen molar-refractivity contribution in [2.75, 3.05) is 7.11 Å². The maximum absolute atomic E-state index is 5.80. The molecule has 0 saturated carbocycles. The van der Waals surface area contributed by atoms with Crippen molar-refractivity contribution in [3.05, 3.63) is 70.2 Å². The van der Waals surface area contributed by atoms with E-state index < -0.39 is 0 Å². The second kappa shape index (κ2) is 9.06. The molecular formula is C20H19N5O2S2. The Morgan fingerprint density at radius 1 is 1.10 bits per heavy atom. The van der Waals surface area contributed by atoms with Crippen LogP contribution in [0.2, 0.25) is 0 Å². The van der Waals surface area contributed by atoms with Crippen LogP contribution in [0.15, 0.2) is 59.1 Å². The Hall–Kier alpha value is -2.91. The van der Waals surface area contributed by atoms with Crippen molar-refractivity contribution in [2.45, 2.75) is 24.4 Å². The number of tetrazole rings is 1. The third-order valence-corrected chi connectivity index (χ3v) is 5.91. The van der Waals surface area contributed by atoms with Crippen molar-refractivity contribution in [3.63, 3.8) is 0 Å². The van der Waals surface area contributed by atoms with E-state index in [2.05, 4.69) is 27.4 Å². The molecule has 0 saturated heterocycles. The van der Waals surface area contributed by atoms with Gasteiger partial charge in [-0.2, -0.15) is 4.68 Å². The van der Waals surface area contributed by atoms with Crippen LogP contribution < -0.4 is 9.47 Å². The molecule has 2 aromatic heterocycles. The van der Waals surface area contributed by atoms with Crippen LogP contribution in [-0.2, 0) is 12.4 Å². The summed E-state index contributed by atoms with van der Waals surface area (Å²) < 4.78 is 12.9. The van der Waals surface area contributed by atoms with E-state index in [1.165, 1.54) is 17.3 Å². The number of aromatic nitrogens is 5. The third kappa shape index (κ3) is 4.75. The Morgan fingerprint density at radius 3 is 2.76 bits per heavy atom. The van der Waals surface area contributed by atoms with Gasteiger partial charge in [0.2, 0.25) is 5.16 Å². The van der Waals surface area contributed by atoms with Crippen LogP contribution in [-0.4, -0.2) is 32.3 Å². The minimum Gasteiger partial charge on any atom is -0.494 e. The first-order valence-electron chi connectivity index (χ1n) is 8.90. The van der Waals surface area contributed by atoms with E-state index in [-0.39, 0.29) is 0 Å². The fourth-order valence-electron chi connectivity index (χ4n) is 2.62. The Kier molecular flexibility index (Phi) is 6.06. The molecule has 7 nitrogen and oxygen atoms in total. The topological polar surface area (TPSA) is 75.0 Å². The molecule has 0 fully saturated rings. The predicted molar refractivity (Wildman–Crippen MR) is 113 cm³/mol. The van der Waals surface area contributed by atoms with Crippen molar-refractivity contribution in [2.24, 2.45) is 0 Å². The number of methoxy groups -OCH3 is 1. The monoisotopic (exact) mass is 425 g/mol. The Balaban J connectivity index is 1.38. The van der Waals surface area contributed by atoms with Crippen molar-refractivity contribution >= 4 is 23.1 Å². The maximum atomic E-state index is 5.80. The number of ether oxygens (including phenoxy) is 2. The molecule has 0 aliphatic rings. The lowest BCUT2D eigenvalue weighted by molar-refractivity contribution is 0.305. The van der Waals surface area contributed by atoms with Crippen molar-refractivity contribution in [3.8, 4) is 17.2 Å². The van der Waals surface area contributed by atoms with Crippen molar-refractivity contribution < 1.29 is 9.47 Å². The van der Waals surface area contributed by atoms with Gasteiger partial charge in [-0.3, -0.25) is 0 Å². The molecule has 0 unspecified atom stereocenters. The second-order valence-electron chi connectivity index (χ2n) is 6.17. The molecule has 0 amide bonds. The highest BCUT2D eigenvalue weighted by Crippen LogP contribution is 2.27. The molecule has 0 aliphatic heterocycles. The molecule has 9 heteroatoms. The standard InChI is InChI=1S/C20H19N5O2S2/c1-14-7-9-16(10-8-14)27-11-19-21-15(12-28-19)13-29-20-22-23-24-25(20)17-5-3-4-6-18(17)26-2/h3-10,12H,11,13H2,1-2H3. The van der Waals surface area contributed by atoms with Crippen LogP contribution in [0.3, 0.4) is 0 Å². The van der Waals surface area contributed by atoms with Crippen LogP contribution in [0.1, 0.15) is 16.3 Å². The summed E-state index contributed by atoms with van der Waals surface area (Å²) in [5.74, 6) is 2.22. The Bertz CT molecular complexity index is 1080. The normalized spacial score (nSPS) is 10.8. The van der Waals surface area contributed by atoms with Gasteiger partial charge in [0, 0.05) is 11.1 Å². The number of benzene rings is 2. The lowest BCUT2D eigenvalue weighted by atomic mass is 10.2. The SMILES string of the molecule is COc1ccccc1-n1nnnc1SCc1csc(COc2ccc(C)cc2)n1. The van der Waals surface area contributed by atoms with Crippen LogP contribution in [0, 0.1) is 6.92 Å². The minimum absolute atomic E-state index is 0.456. The first kappa shape index (κ1) is 19.4. The molecule has 0 bridgehead atoms. The highest BCUT2D eigenvalue weighted by atomic mass is 32.2. The predicted octanol–water partition coefficient (Wildman–Crippen LogP) is 4.31. The molecule has 29 heavy (non-hydrogen) atoms. The van der Waals surface area contributed by atoms with Crippen molar-refractivity contribution in [1.82, 2.24) is 25.2 Å². The van der Waals surface area contributed by atoms with Gasteiger partial charge >= 0.3 is 0 Å². The Morgan fingerprint density at radius 2 is 1.93 bits per heavy atom. The van der Waals surface area contributed by atoms with E-state index in [1.54, 1.807) is 23.1 Å². The van der Waals surface area contributed by atoms with Gasteiger partial charge in [-0.15, -0.1) is 16.4 Å². The molecule has 0 aliphatic carbocycles. The average Bonchev–Trinajstić information content (AvgIpc) is 3.41. The number of thiazole rings is 1. The molecule has 2 heterocycles. The number of hydrogen-bond acceptors (Lipinski definition) is 8. The molecule has 0 atom stereocenters. The smallest absolute Gasteiger partial charge is 0.214 e. The maximum Gasteiger partial charge on any atom is 0.214 e. The fraction of sp³-hybridized carbons (Fsp3) is 0.200. The van der Waals surface area contributed by atoms with Gasteiger partial charge in [-0.25, -0.2) is 4.98 Å². The van der Waals surface area contributed by atoms with Crippen LogP contribution >= 0.6 is 23.1 Å². The van der Waals surface area contributed by atoms with Gasteiger partial charge in [-0.05, 0) is 41.6 Å². The van der Waals surface area contributed by atoms with Crippen LogP contribution in [0.25, 0.3) is 5.69 Å². The van der Waals surface area contributed by atoms with E-state index in [0.29, 0.717) is 23.3 Å². The first-order valence-corrected chi connectivity index (χ1v) is 10.8. The van der Waals surface area contributed by atoms with Crippen LogP contribution in [0.4, 0.5) is 0 Å². The van der Waals surface area contributed by atoms with Gasteiger partial charge in [0.05, 0.1) is 12.8 Å². The number of para-hydroxylation sites is 2. The number of thioether (sulfide) groups is 1. The molecular weight excluding hydrogens is 406 g/mol. The van der Waals surface area contributed by atoms with E-state index in [0.717, 1.165) is 22.1 Å². The number of hydrogen-bond donors (Lipinski definition) is 0. The van der Waals surface area contributed by atoms with Gasteiger partial charge in [0.1, 0.15) is 28.8 Å². The van der Waals surface area contributed by atoms with Gasteiger partial charge in [-0.1, -0.05) is 41.6 Å². The first-order chi connectivity index (χ1) is 14.2. The molecule has 0 radical (unpaired) electrons. The molecule has 0 N–H and O–H groups in total. The zero-order chi connectivity index (χ0) is 20.1. The lowest BCUT2D eigenvalue weighted by Gasteiger charge is -2.08. The number of nitrogens with zero attached hydrogens (tertiary/aromatic N) is 5.